The van der Waals surface area contributed by atoms with Crippen molar-refractivity contribution in [3.63, 3.8) is 0 Å². The van der Waals surface area contributed by atoms with Crippen molar-refractivity contribution in [3.8, 4) is 0 Å². The van der Waals surface area contributed by atoms with E-state index in [4.69, 9.17) is 4.74 Å². The van der Waals surface area contributed by atoms with Gasteiger partial charge in [-0.2, -0.15) is 0 Å². The molecule has 3 rings (SSSR count). The normalized spacial score (nSPS) is 11.5. The third-order valence-corrected chi connectivity index (χ3v) is 6.61. The zero-order valence-electron chi connectivity index (χ0n) is 17.8. The maximum Gasteiger partial charge on any atom is 0.337 e. The van der Waals surface area contributed by atoms with Gasteiger partial charge in [0.15, 0.2) is 15.0 Å². The number of carbonyl (C=O) groups is 2. The molecule has 0 fully saturated rings. The lowest BCUT2D eigenvalue weighted by Gasteiger charge is -2.03. The maximum atomic E-state index is 11.7. The van der Waals surface area contributed by atoms with Crippen molar-refractivity contribution in [1.29, 1.82) is 0 Å². The molecule has 0 saturated heterocycles. The number of thiazole rings is 1. The summed E-state index contributed by atoms with van der Waals surface area (Å²) in [6, 6.07) is 13.7. The van der Waals surface area contributed by atoms with Crippen molar-refractivity contribution in [2.45, 2.75) is 18.2 Å². The highest BCUT2D eigenvalue weighted by Crippen LogP contribution is 2.28. The molecule has 0 radical (unpaired) electrons. The third-order valence-electron chi connectivity index (χ3n) is 4.49. The number of aromatic nitrogens is 1. The first kappa shape index (κ1) is 23.4. The summed E-state index contributed by atoms with van der Waals surface area (Å²) in [5.74, 6) is -0.610. The van der Waals surface area contributed by atoms with E-state index < -0.39 is 15.8 Å². The quantitative estimate of drug-likeness (QED) is 0.523. The Morgan fingerprint density at radius 2 is 1.72 bits per heavy atom. The average molecular weight is 471 g/mol. The molecule has 0 spiro atoms. The van der Waals surface area contributed by atoms with Gasteiger partial charge in [0.1, 0.15) is 0 Å². The molecule has 0 saturated carbocycles. The van der Waals surface area contributed by atoms with E-state index >= 15 is 0 Å². The van der Waals surface area contributed by atoms with Crippen LogP contribution in [0.5, 0.6) is 0 Å². The predicted octanol–water partition coefficient (Wildman–Crippen LogP) is 4.05. The summed E-state index contributed by atoms with van der Waals surface area (Å²) in [6.45, 7) is 1.42. The first-order chi connectivity index (χ1) is 15.2. The van der Waals surface area contributed by atoms with Gasteiger partial charge in [-0.15, -0.1) is 11.3 Å². The van der Waals surface area contributed by atoms with Gasteiger partial charge in [0.2, 0.25) is 5.91 Å². The van der Waals surface area contributed by atoms with Crippen LogP contribution in [0.1, 0.15) is 39.0 Å². The zero-order valence-corrected chi connectivity index (χ0v) is 19.4. The fourth-order valence-corrected chi connectivity index (χ4v) is 4.55. The summed E-state index contributed by atoms with van der Waals surface area (Å²) in [4.78, 5) is 28.7. The van der Waals surface area contributed by atoms with Gasteiger partial charge in [-0.25, -0.2) is 18.2 Å². The molecular weight excluding hydrogens is 448 g/mol. The van der Waals surface area contributed by atoms with E-state index in [-0.39, 0.29) is 10.8 Å². The molecule has 32 heavy (non-hydrogen) atoms. The third kappa shape index (κ3) is 6.12. The molecule has 0 bridgehead atoms. The molecule has 2 aromatic carbocycles. The van der Waals surface area contributed by atoms with E-state index in [1.54, 1.807) is 48.5 Å². The standard InChI is InChI=1S/C23H22N2O5S2/c1-15(26)24-23-25-20(13-8-16-4-9-18(10-5-16)22(27)30-2)21(31-23)14-17-6-11-19(12-7-17)32(3,28)29/h4-13H,14H2,1-3H3,(H,24,25,26)/b13-8-. The van der Waals surface area contributed by atoms with Crippen molar-refractivity contribution < 1.29 is 22.7 Å². The highest BCUT2D eigenvalue weighted by Gasteiger charge is 2.12. The number of carbonyl (C=O) groups excluding carboxylic acids is 2. The predicted molar refractivity (Wildman–Crippen MR) is 125 cm³/mol. The number of sulfone groups is 1. The highest BCUT2D eigenvalue weighted by molar-refractivity contribution is 7.90. The summed E-state index contributed by atoms with van der Waals surface area (Å²) in [7, 11) is -1.92. The van der Waals surface area contributed by atoms with Gasteiger partial charge in [0, 0.05) is 24.5 Å². The molecule has 1 heterocycles. The lowest BCUT2D eigenvalue weighted by Crippen LogP contribution is -2.04. The Morgan fingerprint density at radius 1 is 1.06 bits per heavy atom. The van der Waals surface area contributed by atoms with Crippen LogP contribution in [0.2, 0.25) is 0 Å². The summed E-state index contributed by atoms with van der Waals surface area (Å²) in [5.41, 5.74) is 2.95. The molecule has 1 N–H and O–H groups in total. The number of hydrogen-bond acceptors (Lipinski definition) is 7. The minimum Gasteiger partial charge on any atom is -0.465 e. The minimum atomic E-state index is -3.26. The average Bonchev–Trinajstić information content (AvgIpc) is 3.12. The topological polar surface area (TPSA) is 102 Å². The molecule has 0 aliphatic rings. The number of ether oxygens (including phenoxy) is 1. The summed E-state index contributed by atoms with van der Waals surface area (Å²) < 4.78 is 28.1. The SMILES string of the molecule is COC(=O)c1ccc(/C=C\c2nc(NC(C)=O)sc2Cc2ccc(S(C)(=O)=O)cc2)cc1. The molecular formula is C23H22N2O5S2. The van der Waals surface area contributed by atoms with Crippen molar-refractivity contribution >= 4 is 50.3 Å². The second kappa shape index (κ2) is 9.88. The van der Waals surface area contributed by atoms with Crippen LogP contribution < -0.4 is 5.32 Å². The Kier molecular flexibility index (Phi) is 7.22. The summed E-state index contributed by atoms with van der Waals surface area (Å²) in [5, 5.41) is 3.20. The summed E-state index contributed by atoms with van der Waals surface area (Å²) >= 11 is 1.36. The van der Waals surface area contributed by atoms with Crippen LogP contribution in [0.3, 0.4) is 0 Å². The van der Waals surface area contributed by atoms with Crippen LogP contribution in [0, 0.1) is 0 Å². The van der Waals surface area contributed by atoms with Crippen molar-refractivity contribution in [3.05, 3.63) is 75.8 Å². The van der Waals surface area contributed by atoms with Gasteiger partial charge in [-0.3, -0.25) is 4.79 Å². The lowest BCUT2D eigenvalue weighted by atomic mass is 10.1. The first-order valence-corrected chi connectivity index (χ1v) is 12.3. The van der Waals surface area contributed by atoms with E-state index in [1.165, 1.54) is 31.6 Å². The molecule has 0 aliphatic heterocycles. The van der Waals surface area contributed by atoms with E-state index in [1.807, 2.05) is 12.2 Å². The molecule has 0 unspecified atom stereocenters. The van der Waals surface area contributed by atoms with Crippen LogP contribution in [0.15, 0.2) is 53.4 Å². The van der Waals surface area contributed by atoms with Crippen LogP contribution in [-0.2, 0) is 25.8 Å². The van der Waals surface area contributed by atoms with E-state index in [2.05, 4.69) is 10.3 Å². The van der Waals surface area contributed by atoms with E-state index in [0.29, 0.717) is 22.8 Å². The largest absolute Gasteiger partial charge is 0.465 e. The Bertz CT molecular complexity index is 1260. The second-order valence-corrected chi connectivity index (χ2v) is 10.1. The van der Waals surface area contributed by atoms with Gasteiger partial charge >= 0.3 is 5.97 Å². The maximum absolute atomic E-state index is 11.7. The van der Waals surface area contributed by atoms with Crippen LogP contribution in [0.25, 0.3) is 12.2 Å². The monoisotopic (exact) mass is 470 g/mol. The fraction of sp³-hybridized carbons (Fsp3) is 0.174. The Hall–Kier alpha value is -3.30. The van der Waals surface area contributed by atoms with Gasteiger partial charge in [-0.05, 0) is 41.5 Å². The number of nitrogens with one attached hydrogen (secondary N) is 1. The second-order valence-electron chi connectivity index (χ2n) is 7.05. The first-order valence-electron chi connectivity index (χ1n) is 9.58. The minimum absolute atomic E-state index is 0.211. The number of rotatable bonds is 7. The Morgan fingerprint density at radius 3 is 2.28 bits per heavy atom. The summed E-state index contributed by atoms with van der Waals surface area (Å²) in [6.07, 6.45) is 5.41. The van der Waals surface area contributed by atoms with E-state index in [0.717, 1.165) is 16.0 Å². The number of esters is 1. The van der Waals surface area contributed by atoms with Crippen molar-refractivity contribution in [2.24, 2.45) is 0 Å². The number of amides is 1. The van der Waals surface area contributed by atoms with Crippen LogP contribution in [0.4, 0.5) is 5.13 Å². The van der Waals surface area contributed by atoms with Crippen LogP contribution in [-0.4, -0.2) is 38.6 Å². The van der Waals surface area contributed by atoms with Crippen LogP contribution >= 0.6 is 11.3 Å². The highest BCUT2D eigenvalue weighted by atomic mass is 32.2. The van der Waals surface area contributed by atoms with Gasteiger partial charge in [0.05, 0.1) is 23.3 Å². The number of methoxy groups -OCH3 is 1. The molecule has 166 valence electrons. The smallest absolute Gasteiger partial charge is 0.337 e. The van der Waals surface area contributed by atoms with Gasteiger partial charge in [-0.1, -0.05) is 30.3 Å². The molecule has 9 heteroatoms. The number of anilines is 1. The molecule has 7 nitrogen and oxygen atoms in total. The number of nitrogens with zero attached hydrogens (tertiary/aromatic N) is 1. The molecule has 1 amide bonds. The molecule has 0 aliphatic carbocycles. The number of hydrogen-bond donors (Lipinski definition) is 1. The Labute approximate surface area is 190 Å². The zero-order chi connectivity index (χ0) is 23.3. The van der Waals surface area contributed by atoms with Crippen molar-refractivity contribution in [1.82, 2.24) is 4.98 Å². The fourth-order valence-electron chi connectivity index (χ4n) is 2.89. The lowest BCUT2D eigenvalue weighted by molar-refractivity contribution is -0.114. The molecule has 1 aromatic heterocycles. The van der Waals surface area contributed by atoms with Gasteiger partial charge in [0.25, 0.3) is 0 Å². The van der Waals surface area contributed by atoms with E-state index in [9.17, 15) is 18.0 Å². The molecule has 3 aromatic rings. The molecule has 0 atom stereocenters. The van der Waals surface area contributed by atoms with Gasteiger partial charge < -0.3 is 10.1 Å². The number of benzene rings is 2. The van der Waals surface area contributed by atoms with Crippen molar-refractivity contribution in [2.75, 3.05) is 18.7 Å². The Balaban J connectivity index is 1.86.